The molecule has 1 unspecified atom stereocenters. The summed E-state index contributed by atoms with van der Waals surface area (Å²) >= 11 is 7.48. The van der Waals surface area contributed by atoms with Crippen LogP contribution in [0.15, 0.2) is 53.7 Å². The zero-order valence-corrected chi connectivity index (χ0v) is 13.3. The van der Waals surface area contributed by atoms with E-state index in [-0.39, 0.29) is 11.9 Å². The Morgan fingerprint density at radius 1 is 1.24 bits per heavy atom. The molecule has 1 heterocycles. The number of amides is 1. The summed E-state index contributed by atoms with van der Waals surface area (Å²) in [7, 11) is 0. The Kier molecular flexibility index (Phi) is 6.08. The molecule has 0 spiro atoms. The van der Waals surface area contributed by atoms with Gasteiger partial charge in [-0.3, -0.25) is 9.78 Å². The van der Waals surface area contributed by atoms with E-state index in [1.54, 1.807) is 24.2 Å². The van der Waals surface area contributed by atoms with Crippen LogP contribution in [0, 0.1) is 0 Å². The van der Waals surface area contributed by atoms with Crippen LogP contribution in [0.2, 0.25) is 5.02 Å². The maximum Gasteiger partial charge on any atom is 0.221 e. The van der Waals surface area contributed by atoms with E-state index >= 15 is 0 Å². The van der Waals surface area contributed by atoms with Gasteiger partial charge in [0.05, 0.1) is 6.04 Å². The number of halogens is 1. The van der Waals surface area contributed by atoms with Crippen LogP contribution in [-0.4, -0.2) is 16.6 Å². The Balaban J connectivity index is 1.73. The Hall–Kier alpha value is -1.52. The summed E-state index contributed by atoms with van der Waals surface area (Å²) < 4.78 is 0. The topological polar surface area (TPSA) is 42.0 Å². The number of thioether (sulfide) groups is 1. The van der Waals surface area contributed by atoms with Crippen molar-refractivity contribution in [2.24, 2.45) is 0 Å². The second kappa shape index (κ2) is 8.05. The number of rotatable bonds is 6. The highest BCUT2D eigenvalue weighted by atomic mass is 35.5. The monoisotopic (exact) mass is 320 g/mol. The number of carbonyl (C=O) groups excluding carboxylic acids is 1. The zero-order chi connectivity index (χ0) is 15.1. The van der Waals surface area contributed by atoms with E-state index in [0.717, 1.165) is 21.2 Å². The Bertz CT molecular complexity index is 575. The fourth-order valence-corrected chi connectivity index (χ4v) is 2.82. The second-order valence-corrected chi connectivity index (χ2v) is 6.23. The van der Waals surface area contributed by atoms with Gasteiger partial charge >= 0.3 is 0 Å². The largest absolute Gasteiger partial charge is 0.350 e. The van der Waals surface area contributed by atoms with Crippen molar-refractivity contribution < 1.29 is 4.79 Å². The van der Waals surface area contributed by atoms with Gasteiger partial charge in [-0.1, -0.05) is 11.6 Å². The predicted molar refractivity (Wildman–Crippen MR) is 87.6 cm³/mol. The average Bonchev–Trinajstić information content (AvgIpc) is 2.50. The Morgan fingerprint density at radius 2 is 1.90 bits per heavy atom. The molecule has 3 nitrogen and oxygen atoms in total. The highest BCUT2D eigenvalue weighted by molar-refractivity contribution is 7.99. The van der Waals surface area contributed by atoms with Gasteiger partial charge in [0.2, 0.25) is 5.91 Å². The van der Waals surface area contributed by atoms with E-state index < -0.39 is 0 Å². The van der Waals surface area contributed by atoms with Gasteiger partial charge in [-0.25, -0.2) is 0 Å². The molecule has 1 N–H and O–H groups in total. The van der Waals surface area contributed by atoms with Crippen molar-refractivity contribution in [2.45, 2.75) is 24.3 Å². The first kappa shape index (κ1) is 15.9. The molecule has 21 heavy (non-hydrogen) atoms. The number of carbonyl (C=O) groups is 1. The average molecular weight is 321 g/mol. The molecule has 1 aromatic heterocycles. The first-order valence-electron chi connectivity index (χ1n) is 6.73. The number of hydrogen-bond acceptors (Lipinski definition) is 3. The Labute approximate surface area is 134 Å². The van der Waals surface area contributed by atoms with E-state index in [9.17, 15) is 4.79 Å². The van der Waals surface area contributed by atoms with E-state index in [4.69, 9.17) is 11.6 Å². The van der Waals surface area contributed by atoms with Crippen LogP contribution in [0.3, 0.4) is 0 Å². The van der Waals surface area contributed by atoms with Gasteiger partial charge in [-0.15, -0.1) is 11.8 Å². The van der Waals surface area contributed by atoms with E-state index in [0.29, 0.717) is 6.42 Å². The van der Waals surface area contributed by atoms with Crippen LogP contribution in [0.1, 0.15) is 24.9 Å². The zero-order valence-electron chi connectivity index (χ0n) is 11.8. The first-order valence-corrected chi connectivity index (χ1v) is 8.09. The third-order valence-electron chi connectivity index (χ3n) is 3.00. The summed E-state index contributed by atoms with van der Waals surface area (Å²) in [6.07, 6.45) is 3.95. The van der Waals surface area contributed by atoms with Gasteiger partial charge in [-0.2, -0.15) is 0 Å². The molecule has 2 aromatic rings. The summed E-state index contributed by atoms with van der Waals surface area (Å²) in [5, 5.41) is 3.72. The minimum Gasteiger partial charge on any atom is -0.350 e. The molecule has 110 valence electrons. The van der Waals surface area contributed by atoms with Gasteiger partial charge in [0.25, 0.3) is 0 Å². The second-order valence-electron chi connectivity index (χ2n) is 4.62. The molecule has 0 aliphatic rings. The minimum atomic E-state index is 0.000955. The standard InChI is InChI=1S/C16H17ClN2OS/c1-12(13-6-9-18-10-7-13)19-16(20)8-11-21-15-4-2-14(17)3-5-15/h2-7,9-10,12H,8,11H2,1H3,(H,19,20). The van der Waals surface area contributed by atoms with Gasteiger partial charge in [0.1, 0.15) is 0 Å². The number of benzene rings is 1. The third-order valence-corrected chi connectivity index (χ3v) is 4.26. The van der Waals surface area contributed by atoms with Crippen molar-refractivity contribution in [1.82, 2.24) is 10.3 Å². The maximum absolute atomic E-state index is 11.9. The number of pyridine rings is 1. The lowest BCUT2D eigenvalue weighted by molar-refractivity contribution is -0.121. The lowest BCUT2D eigenvalue weighted by atomic mass is 10.1. The predicted octanol–water partition coefficient (Wildman–Crippen LogP) is 4.09. The minimum absolute atomic E-state index is 0.000955. The normalized spacial score (nSPS) is 11.9. The van der Waals surface area contributed by atoms with Crippen LogP contribution in [0.5, 0.6) is 0 Å². The van der Waals surface area contributed by atoms with Crippen LogP contribution in [0.25, 0.3) is 0 Å². The fourth-order valence-electron chi connectivity index (χ4n) is 1.84. The molecule has 0 fully saturated rings. The third kappa shape index (κ3) is 5.40. The van der Waals surface area contributed by atoms with Crippen LogP contribution in [-0.2, 0) is 4.79 Å². The van der Waals surface area contributed by atoms with Crippen LogP contribution >= 0.6 is 23.4 Å². The highest BCUT2D eigenvalue weighted by Crippen LogP contribution is 2.21. The quantitative estimate of drug-likeness (QED) is 0.815. The first-order chi connectivity index (χ1) is 10.1. The highest BCUT2D eigenvalue weighted by Gasteiger charge is 2.09. The van der Waals surface area contributed by atoms with Crippen LogP contribution in [0.4, 0.5) is 0 Å². The van der Waals surface area contributed by atoms with Crippen molar-refractivity contribution in [2.75, 3.05) is 5.75 Å². The molecular formula is C16H17ClN2OS. The molecule has 0 radical (unpaired) electrons. The maximum atomic E-state index is 11.9. The van der Waals surface area contributed by atoms with E-state index in [1.807, 2.05) is 43.3 Å². The van der Waals surface area contributed by atoms with Crippen LogP contribution < -0.4 is 5.32 Å². The molecule has 1 aromatic carbocycles. The molecule has 0 aliphatic heterocycles. The van der Waals surface area contributed by atoms with Crippen molar-refractivity contribution in [3.8, 4) is 0 Å². The van der Waals surface area contributed by atoms with Crippen molar-refractivity contribution in [1.29, 1.82) is 0 Å². The summed E-state index contributed by atoms with van der Waals surface area (Å²) in [5.41, 5.74) is 1.06. The number of hydrogen-bond donors (Lipinski definition) is 1. The lowest BCUT2D eigenvalue weighted by Gasteiger charge is -2.13. The summed E-state index contributed by atoms with van der Waals surface area (Å²) in [5.74, 6) is 0.803. The SMILES string of the molecule is CC(NC(=O)CCSc1ccc(Cl)cc1)c1ccncc1. The molecule has 1 amide bonds. The van der Waals surface area contributed by atoms with Crippen molar-refractivity contribution >= 4 is 29.3 Å². The van der Waals surface area contributed by atoms with Gasteiger partial charge < -0.3 is 5.32 Å². The van der Waals surface area contributed by atoms with Crippen molar-refractivity contribution in [3.63, 3.8) is 0 Å². The number of nitrogens with one attached hydrogen (secondary N) is 1. The van der Waals surface area contributed by atoms with E-state index in [2.05, 4.69) is 10.3 Å². The summed E-state index contributed by atoms with van der Waals surface area (Å²) in [4.78, 5) is 17.0. The van der Waals surface area contributed by atoms with Gasteiger partial charge in [0, 0.05) is 34.5 Å². The summed E-state index contributed by atoms with van der Waals surface area (Å²) in [6, 6.07) is 11.5. The summed E-state index contributed by atoms with van der Waals surface area (Å²) in [6.45, 7) is 1.97. The number of nitrogens with zero attached hydrogens (tertiary/aromatic N) is 1. The molecule has 1 atom stereocenters. The molecule has 5 heteroatoms. The molecule has 0 saturated carbocycles. The van der Waals surface area contributed by atoms with Gasteiger partial charge in [0.15, 0.2) is 0 Å². The Morgan fingerprint density at radius 3 is 2.57 bits per heavy atom. The molecular weight excluding hydrogens is 304 g/mol. The van der Waals surface area contributed by atoms with E-state index in [1.165, 1.54) is 0 Å². The lowest BCUT2D eigenvalue weighted by Crippen LogP contribution is -2.26. The fraction of sp³-hybridized carbons (Fsp3) is 0.250. The molecule has 0 saturated heterocycles. The molecule has 0 bridgehead atoms. The van der Waals surface area contributed by atoms with Crippen molar-refractivity contribution in [3.05, 3.63) is 59.4 Å². The van der Waals surface area contributed by atoms with Gasteiger partial charge in [-0.05, 0) is 48.9 Å². The smallest absolute Gasteiger partial charge is 0.221 e. The molecule has 2 rings (SSSR count). The number of aromatic nitrogens is 1. The molecule has 0 aliphatic carbocycles.